The minimum atomic E-state index is 0. The molecule has 6 nitrogen and oxygen atoms in total. The number of benzene rings is 1. The Hall–Kier alpha value is -1.90. The molecule has 0 saturated carbocycles. The highest BCUT2D eigenvalue weighted by molar-refractivity contribution is 14.0. The van der Waals surface area contributed by atoms with E-state index < -0.39 is 0 Å². The van der Waals surface area contributed by atoms with Crippen LogP contribution in [0.15, 0.2) is 53.6 Å². The maximum absolute atomic E-state index is 4.70. The first-order valence-corrected chi connectivity index (χ1v) is 9.49. The molecule has 0 unspecified atom stereocenters. The lowest BCUT2D eigenvalue weighted by Crippen LogP contribution is -2.37. The lowest BCUT2D eigenvalue weighted by molar-refractivity contribution is 0.665. The van der Waals surface area contributed by atoms with Gasteiger partial charge in [-0.25, -0.2) is 14.7 Å². The van der Waals surface area contributed by atoms with Crippen LogP contribution in [0.4, 0.5) is 0 Å². The zero-order chi connectivity index (χ0) is 18.0. The summed E-state index contributed by atoms with van der Waals surface area (Å²) in [5.74, 6) is 0.879. The Morgan fingerprint density at radius 3 is 2.70 bits per heavy atom. The van der Waals surface area contributed by atoms with E-state index in [0.717, 1.165) is 31.2 Å². The zero-order valence-corrected chi connectivity index (χ0v) is 18.2. The predicted molar refractivity (Wildman–Crippen MR) is 121 cm³/mol. The summed E-state index contributed by atoms with van der Waals surface area (Å²) < 4.78 is 1.75. The topological polar surface area (TPSA) is 67.1 Å². The van der Waals surface area contributed by atoms with E-state index in [0.29, 0.717) is 6.54 Å². The van der Waals surface area contributed by atoms with E-state index in [2.05, 4.69) is 45.8 Å². The fraction of sp³-hybridized carbons (Fsp3) is 0.450. The zero-order valence-electron chi connectivity index (χ0n) is 15.9. The van der Waals surface area contributed by atoms with Gasteiger partial charge in [0.15, 0.2) is 5.96 Å². The van der Waals surface area contributed by atoms with Gasteiger partial charge in [0.1, 0.15) is 12.7 Å². The highest BCUT2D eigenvalue weighted by Gasteiger charge is 2.04. The van der Waals surface area contributed by atoms with E-state index in [1.165, 1.54) is 37.6 Å². The molecule has 27 heavy (non-hydrogen) atoms. The first-order valence-electron chi connectivity index (χ1n) is 9.49. The van der Waals surface area contributed by atoms with Gasteiger partial charge >= 0.3 is 0 Å². The molecule has 1 aromatic heterocycles. The Morgan fingerprint density at radius 1 is 1.19 bits per heavy atom. The van der Waals surface area contributed by atoms with E-state index in [1.54, 1.807) is 16.6 Å². The lowest BCUT2D eigenvalue weighted by atomic mass is 9.97. The Balaban J connectivity index is 0.00000261. The number of allylic oxidation sites excluding steroid dienone is 1. The lowest BCUT2D eigenvalue weighted by Gasteiger charge is -2.15. The van der Waals surface area contributed by atoms with Crippen LogP contribution in [0.2, 0.25) is 0 Å². The summed E-state index contributed by atoms with van der Waals surface area (Å²) in [7, 11) is 0. The summed E-state index contributed by atoms with van der Waals surface area (Å²) >= 11 is 0. The van der Waals surface area contributed by atoms with Crippen LogP contribution in [0, 0.1) is 0 Å². The van der Waals surface area contributed by atoms with Gasteiger partial charge in [-0.1, -0.05) is 23.8 Å². The van der Waals surface area contributed by atoms with E-state index in [4.69, 9.17) is 4.99 Å². The van der Waals surface area contributed by atoms with Crippen LogP contribution in [0.5, 0.6) is 0 Å². The highest BCUT2D eigenvalue weighted by atomic mass is 127. The van der Waals surface area contributed by atoms with Gasteiger partial charge in [-0.3, -0.25) is 0 Å². The van der Waals surface area contributed by atoms with Gasteiger partial charge < -0.3 is 10.6 Å². The molecule has 0 aliphatic heterocycles. The summed E-state index contributed by atoms with van der Waals surface area (Å²) in [4.78, 5) is 8.67. The van der Waals surface area contributed by atoms with Crippen LogP contribution in [0.25, 0.3) is 5.69 Å². The van der Waals surface area contributed by atoms with Crippen LogP contribution >= 0.6 is 24.0 Å². The quantitative estimate of drug-likeness (QED) is 0.274. The number of guanidine groups is 1. The molecule has 1 heterocycles. The summed E-state index contributed by atoms with van der Waals surface area (Å²) in [5.41, 5.74) is 3.75. The van der Waals surface area contributed by atoms with E-state index in [1.807, 2.05) is 12.1 Å². The van der Waals surface area contributed by atoms with Gasteiger partial charge in [-0.2, -0.15) is 5.10 Å². The number of hydrogen-bond acceptors (Lipinski definition) is 3. The van der Waals surface area contributed by atoms with Gasteiger partial charge in [0, 0.05) is 13.1 Å². The number of nitrogens with zero attached hydrogens (tertiary/aromatic N) is 4. The molecule has 0 radical (unpaired) electrons. The third kappa shape index (κ3) is 6.97. The molecule has 146 valence electrons. The largest absolute Gasteiger partial charge is 0.357 e. The molecule has 2 aromatic rings. The summed E-state index contributed by atoms with van der Waals surface area (Å²) in [6, 6.07) is 8.23. The highest BCUT2D eigenvalue weighted by Crippen LogP contribution is 2.19. The molecule has 2 N–H and O–H groups in total. The maximum Gasteiger partial charge on any atom is 0.191 e. The Kier molecular flexibility index (Phi) is 9.30. The number of rotatable bonds is 7. The van der Waals surface area contributed by atoms with E-state index in [-0.39, 0.29) is 24.0 Å². The second kappa shape index (κ2) is 11.7. The second-order valence-corrected chi connectivity index (χ2v) is 6.49. The van der Waals surface area contributed by atoms with Crippen molar-refractivity contribution >= 4 is 29.9 Å². The molecule has 1 aliphatic carbocycles. The van der Waals surface area contributed by atoms with Crippen molar-refractivity contribution in [2.45, 2.75) is 45.6 Å². The fourth-order valence-corrected chi connectivity index (χ4v) is 3.08. The first-order chi connectivity index (χ1) is 12.8. The smallest absolute Gasteiger partial charge is 0.191 e. The van der Waals surface area contributed by atoms with Crippen LogP contribution in [-0.2, 0) is 6.54 Å². The fourth-order valence-electron chi connectivity index (χ4n) is 3.08. The van der Waals surface area contributed by atoms with Crippen LogP contribution < -0.4 is 10.6 Å². The normalized spacial score (nSPS) is 14.3. The number of hydrogen-bond donors (Lipinski definition) is 2. The molecule has 0 bridgehead atoms. The van der Waals surface area contributed by atoms with Crippen LogP contribution in [-0.4, -0.2) is 33.8 Å². The van der Waals surface area contributed by atoms with Crippen LogP contribution in [0.3, 0.4) is 0 Å². The number of aliphatic imine (C=N–C) groups is 1. The van der Waals surface area contributed by atoms with Crippen molar-refractivity contribution in [1.82, 2.24) is 25.4 Å². The average molecular weight is 480 g/mol. The molecule has 0 amide bonds. The van der Waals surface area contributed by atoms with Crippen molar-refractivity contribution in [1.29, 1.82) is 0 Å². The first kappa shape index (κ1) is 21.4. The average Bonchev–Trinajstić information content (AvgIpc) is 3.22. The molecular formula is C20H29IN6. The minimum Gasteiger partial charge on any atom is -0.357 e. The molecule has 0 spiro atoms. The Labute approximate surface area is 178 Å². The predicted octanol–water partition coefficient (Wildman–Crippen LogP) is 3.83. The maximum atomic E-state index is 4.70. The van der Waals surface area contributed by atoms with Gasteiger partial charge in [-0.05, 0) is 56.7 Å². The third-order valence-corrected chi connectivity index (χ3v) is 4.51. The summed E-state index contributed by atoms with van der Waals surface area (Å²) in [5, 5.41) is 10.9. The molecule has 1 aromatic carbocycles. The van der Waals surface area contributed by atoms with E-state index in [9.17, 15) is 0 Å². The minimum absolute atomic E-state index is 0. The van der Waals surface area contributed by atoms with Gasteiger partial charge in [0.25, 0.3) is 0 Å². The Bertz CT molecular complexity index is 721. The van der Waals surface area contributed by atoms with Crippen molar-refractivity contribution in [2.24, 2.45) is 4.99 Å². The molecule has 1 aliphatic rings. The standard InChI is InChI=1S/C20H28N6.HI/c1-2-22-20(23-13-12-17-6-4-3-5-7-17)24-14-18-8-10-19(11-9-18)26-16-21-15-25-26;/h6,8-11,15-16H,2-5,7,12-14H2,1H3,(H2,22,23,24);1H. The monoisotopic (exact) mass is 480 g/mol. The van der Waals surface area contributed by atoms with E-state index >= 15 is 0 Å². The van der Waals surface area contributed by atoms with Crippen molar-refractivity contribution in [3.8, 4) is 5.69 Å². The van der Waals surface area contributed by atoms with Crippen LogP contribution in [0.1, 0.15) is 44.6 Å². The second-order valence-electron chi connectivity index (χ2n) is 6.49. The number of halogens is 1. The van der Waals surface area contributed by atoms with Gasteiger partial charge in [0.2, 0.25) is 0 Å². The summed E-state index contributed by atoms with van der Waals surface area (Å²) in [6.07, 6.45) is 11.9. The Morgan fingerprint density at radius 2 is 2.04 bits per heavy atom. The molecule has 3 rings (SSSR count). The third-order valence-electron chi connectivity index (χ3n) is 4.51. The van der Waals surface area contributed by atoms with Crippen molar-refractivity contribution < 1.29 is 0 Å². The van der Waals surface area contributed by atoms with Crippen molar-refractivity contribution in [3.05, 3.63) is 54.1 Å². The number of nitrogens with one attached hydrogen (secondary N) is 2. The SMILES string of the molecule is CCNC(=NCc1ccc(-n2cncn2)cc1)NCCC1=CCCCC1.I. The molecule has 0 fully saturated rings. The molecule has 7 heteroatoms. The molecular weight excluding hydrogens is 451 g/mol. The van der Waals surface area contributed by atoms with Crippen molar-refractivity contribution in [2.75, 3.05) is 13.1 Å². The van der Waals surface area contributed by atoms with Crippen molar-refractivity contribution in [3.63, 3.8) is 0 Å². The molecule has 0 atom stereocenters. The van der Waals surface area contributed by atoms with Gasteiger partial charge in [-0.15, -0.1) is 24.0 Å². The number of aromatic nitrogens is 3. The summed E-state index contributed by atoms with van der Waals surface area (Å²) in [6.45, 7) is 4.53. The van der Waals surface area contributed by atoms with Gasteiger partial charge in [0.05, 0.1) is 12.2 Å². The molecule has 0 saturated heterocycles.